The maximum absolute atomic E-state index is 14.9. The molecule has 5 rings (SSSR count). The summed E-state index contributed by atoms with van der Waals surface area (Å²) in [6.45, 7) is 28.6. The van der Waals surface area contributed by atoms with Gasteiger partial charge in [0, 0.05) is 0 Å². The standard InChI is InChI=1S/C67H111F3NP2Si4/c1-13-45-74(46-14-2,47-15-3)63-37-27-58(28-38-63)72(59-29-39-64(40-30-59)75(48-16-4,49-17-5)50-18-6)71-73(60-31-25-57(26-32-60)67(68,69)70,61-33-41-65(42-34-61)76(51-19-7,52-20-8)53-21-9)62-35-43-66(44-36-62)77(54-22-10,55-23-11)56-24-12/h27-30,33-44,57,60,71H,13-26,31-32,45-56H2,1-12H3/q+1. The molecule has 0 atom stereocenters. The second kappa shape index (κ2) is 31.7. The van der Waals surface area contributed by atoms with Crippen LogP contribution in [0.5, 0.6) is 0 Å². The SMILES string of the molecule is CCC[Si](CCC)(CCC)c1ccc(P(N[P+](c2ccc([Si](CCC)(CCC)CCC)cc2)(c2ccc([Si](CCC)(CCC)CCC)cc2)C2CCC(C(F)(F)F)CC2)c2ccc([Si](CCC)(CCC)CCC)cc2)cc1. The molecule has 0 aliphatic heterocycles. The Bertz CT molecular complexity index is 2050. The lowest BCUT2D eigenvalue weighted by Crippen LogP contribution is -2.49. The number of nitrogens with one attached hydrogen (secondary N) is 1. The van der Waals surface area contributed by atoms with E-state index in [1.54, 1.807) is 20.7 Å². The largest absolute Gasteiger partial charge is 0.391 e. The van der Waals surface area contributed by atoms with Gasteiger partial charge in [-0.2, -0.15) is 18.0 Å². The molecule has 0 heterocycles. The van der Waals surface area contributed by atoms with E-state index >= 15 is 0 Å². The average molecular weight is 1160 g/mol. The van der Waals surface area contributed by atoms with E-state index in [9.17, 15) is 13.2 Å². The summed E-state index contributed by atoms with van der Waals surface area (Å²) < 4.78 is 44.7. The molecule has 0 spiro atoms. The molecule has 1 fully saturated rings. The zero-order valence-corrected chi connectivity index (χ0v) is 57.0. The van der Waals surface area contributed by atoms with E-state index in [2.05, 4.69) is 180 Å². The molecule has 0 aromatic heterocycles. The zero-order chi connectivity index (χ0) is 56.2. The number of hydrogen-bond acceptors (Lipinski definition) is 1. The molecule has 4 aromatic rings. The third kappa shape index (κ3) is 15.7. The summed E-state index contributed by atoms with van der Waals surface area (Å²) in [5.41, 5.74) is 0.0756. The van der Waals surface area contributed by atoms with Gasteiger partial charge < -0.3 is 0 Å². The van der Waals surface area contributed by atoms with Crippen molar-refractivity contribution in [1.82, 2.24) is 4.86 Å². The minimum Gasteiger partial charge on any atom is -0.171 e. The molecule has 0 amide bonds. The summed E-state index contributed by atoms with van der Waals surface area (Å²) in [6, 6.07) is 56.6. The molecule has 1 nitrogen and oxygen atoms in total. The number of hydrogen-bond donors (Lipinski definition) is 1. The van der Waals surface area contributed by atoms with Gasteiger partial charge in [-0.3, -0.25) is 0 Å². The van der Waals surface area contributed by atoms with Gasteiger partial charge in [-0.1, -0.05) is 326 Å². The van der Waals surface area contributed by atoms with E-state index in [4.69, 9.17) is 4.86 Å². The molecule has 0 unspecified atom stereocenters. The van der Waals surface area contributed by atoms with E-state index < -0.39 is 59.9 Å². The van der Waals surface area contributed by atoms with Crippen molar-refractivity contribution in [3.8, 4) is 0 Å². The van der Waals surface area contributed by atoms with Crippen LogP contribution in [-0.2, 0) is 0 Å². The highest BCUT2D eigenvalue weighted by molar-refractivity contribution is 7.96. The quantitative estimate of drug-likeness (QED) is 0.0358. The Hall–Kier alpha value is -1.64. The van der Waals surface area contributed by atoms with Gasteiger partial charge in [0.25, 0.3) is 0 Å². The van der Waals surface area contributed by atoms with Gasteiger partial charge in [0.1, 0.15) is 10.6 Å². The Morgan fingerprint density at radius 1 is 0.364 bits per heavy atom. The zero-order valence-electron chi connectivity index (χ0n) is 51.2. The second-order valence-corrected chi connectivity index (χ2v) is 48.8. The van der Waals surface area contributed by atoms with Crippen LogP contribution in [-0.4, -0.2) is 44.1 Å². The first kappa shape index (κ1) is 66.2. The van der Waals surface area contributed by atoms with Crippen molar-refractivity contribution in [2.75, 3.05) is 0 Å². The summed E-state index contributed by atoms with van der Waals surface area (Å²) in [6.07, 6.45) is 12.0. The van der Waals surface area contributed by atoms with Crippen LogP contribution in [0.4, 0.5) is 13.2 Å². The van der Waals surface area contributed by atoms with Crippen molar-refractivity contribution in [2.24, 2.45) is 5.92 Å². The first-order valence-corrected chi connectivity index (χ1v) is 45.8. The van der Waals surface area contributed by atoms with Crippen molar-refractivity contribution in [3.63, 3.8) is 0 Å². The Morgan fingerprint density at radius 3 is 0.792 bits per heavy atom. The molecular weight excluding hydrogens is 1050 g/mol. The highest BCUT2D eigenvalue weighted by Crippen LogP contribution is 2.66. The molecule has 77 heavy (non-hydrogen) atoms. The topological polar surface area (TPSA) is 12.0 Å². The molecular formula is C67H111F3NP2Si4+. The lowest BCUT2D eigenvalue weighted by Gasteiger charge is -2.41. The highest BCUT2D eigenvalue weighted by Gasteiger charge is 2.56. The Balaban J connectivity index is 1.91. The third-order valence-electron chi connectivity index (χ3n) is 19.0. The molecule has 0 bridgehead atoms. The molecule has 1 aliphatic carbocycles. The molecule has 0 radical (unpaired) electrons. The number of benzene rings is 4. The molecule has 10 heteroatoms. The Labute approximate surface area is 478 Å². The maximum Gasteiger partial charge on any atom is 0.391 e. The minimum absolute atomic E-state index is 0.0756. The summed E-state index contributed by atoms with van der Waals surface area (Å²) in [5, 5.41) is 11.8. The monoisotopic (exact) mass is 1160 g/mol. The second-order valence-electron chi connectivity index (χ2n) is 24.5. The van der Waals surface area contributed by atoms with Gasteiger partial charge >= 0.3 is 6.18 Å². The van der Waals surface area contributed by atoms with Gasteiger partial charge in [0.15, 0.2) is 7.41 Å². The van der Waals surface area contributed by atoms with Crippen LogP contribution in [0.15, 0.2) is 97.1 Å². The van der Waals surface area contributed by atoms with Crippen molar-refractivity contribution in [2.45, 2.75) is 270 Å². The van der Waals surface area contributed by atoms with Crippen LogP contribution >= 0.6 is 15.5 Å². The van der Waals surface area contributed by atoms with E-state index in [1.165, 1.54) is 171 Å². The Kier molecular flexibility index (Phi) is 27.2. The maximum atomic E-state index is 14.9. The van der Waals surface area contributed by atoms with E-state index in [-0.39, 0.29) is 18.5 Å². The molecule has 1 N–H and O–H groups in total. The number of alkyl halides is 3. The lowest BCUT2D eigenvalue weighted by atomic mass is 9.88. The molecule has 1 aliphatic rings. The number of rotatable bonds is 35. The number of halogens is 3. The summed E-state index contributed by atoms with van der Waals surface area (Å²) in [5.74, 6) is -1.24. The highest BCUT2D eigenvalue weighted by atomic mass is 31.2. The van der Waals surface area contributed by atoms with Gasteiger partial charge in [0.05, 0.1) is 51.9 Å². The van der Waals surface area contributed by atoms with Gasteiger partial charge in [-0.15, -0.1) is 0 Å². The lowest BCUT2D eigenvalue weighted by molar-refractivity contribution is -0.181. The molecule has 430 valence electrons. The van der Waals surface area contributed by atoms with Crippen LogP contribution in [0.2, 0.25) is 72.5 Å². The fraction of sp³-hybridized carbons (Fsp3) is 0.642. The predicted octanol–water partition coefficient (Wildman–Crippen LogP) is 18.9. The van der Waals surface area contributed by atoms with E-state index in [1.807, 2.05) is 0 Å². The predicted molar refractivity (Wildman–Crippen MR) is 356 cm³/mol. The van der Waals surface area contributed by atoms with Gasteiger partial charge in [0.2, 0.25) is 0 Å². The Morgan fingerprint density at radius 2 is 0.584 bits per heavy atom. The third-order valence-corrected chi connectivity index (χ3v) is 50.2. The van der Waals surface area contributed by atoms with Gasteiger partial charge in [-0.05, 0) is 60.6 Å². The summed E-state index contributed by atoms with van der Waals surface area (Å²) >= 11 is 0. The van der Waals surface area contributed by atoms with E-state index in [0.29, 0.717) is 12.8 Å². The first-order valence-electron chi connectivity index (χ1n) is 32.1. The van der Waals surface area contributed by atoms with Crippen molar-refractivity contribution in [3.05, 3.63) is 97.1 Å². The van der Waals surface area contributed by atoms with Crippen LogP contribution < -0.4 is 46.8 Å². The molecule has 4 aromatic carbocycles. The van der Waals surface area contributed by atoms with Crippen molar-refractivity contribution < 1.29 is 13.2 Å². The molecule has 1 saturated carbocycles. The summed E-state index contributed by atoms with van der Waals surface area (Å²) in [4.78, 5) is 4.83. The summed E-state index contributed by atoms with van der Waals surface area (Å²) in [7, 11) is -10.9. The fourth-order valence-electron chi connectivity index (χ4n) is 16.0. The molecule has 0 saturated heterocycles. The normalized spacial score (nSPS) is 16.2. The van der Waals surface area contributed by atoms with Gasteiger partial charge in [-0.25, -0.2) is 0 Å². The van der Waals surface area contributed by atoms with E-state index in [0.717, 1.165) is 0 Å². The van der Waals surface area contributed by atoms with Crippen LogP contribution in [0.25, 0.3) is 0 Å². The first-order chi connectivity index (χ1) is 37.1. The van der Waals surface area contributed by atoms with Crippen molar-refractivity contribution >= 4 is 89.7 Å². The average Bonchev–Trinajstić information content (AvgIpc) is 3.46. The van der Waals surface area contributed by atoms with Crippen LogP contribution in [0.1, 0.15) is 186 Å². The van der Waals surface area contributed by atoms with Crippen LogP contribution in [0, 0.1) is 5.92 Å². The van der Waals surface area contributed by atoms with Crippen molar-refractivity contribution in [1.29, 1.82) is 0 Å². The van der Waals surface area contributed by atoms with Crippen LogP contribution in [0.3, 0.4) is 0 Å². The minimum atomic E-state index is -4.17. The fourth-order valence-corrected chi connectivity index (χ4v) is 45.8. The smallest absolute Gasteiger partial charge is 0.171 e.